The van der Waals surface area contributed by atoms with Crippen LogP contribution in [0.25, 0.3) is 110 Å². The Morgan fingerprint density at radius 1 is 0.368 bits per heavy atom. The quantitative estimate of drug-likeness (QED) is 0.0895. The van der Waals surface area contributed by atoms with Crippen LogP contribution >= 0.6 is 0 Å². The molecule has 21 heteroatoms. The molecule has 0 N–H and O–H groups in total. The van der Waals surface area contributed by atoms with Gasteiger partial charge in [-0.15, -0.1) is 117 Å². The van der Waals surface area contributed by atoms with E-state index in [1.54, 1.807) is 25.8 Å². The van der Waals surface area contributed by atoms with E-state index < -0.39 is 120 Å². The van der Waals surface area contributed by atoms with Crippen LogP contribution in [-0.4, -0.2) is 47.8 Å². The van der Waals surface area contributed by atoms with Crippen molar-refractivity contribution in [2.45, 2.75) is 160 Å². The first kappa shape index (κ1) is 59.7. The second-order valence-corrected chi connectivity index (χ2v) is 26.9. The molecule has 0 spiro atoms. The van der Waals surface area contributed by atoms with Crippen molar-refractivity contribution in [3.63, 3.8) is 0 Å². The van der Waals surface area contributed by atoms with E-state index in [9.17, 15) is 4.39 Å². The van der Waals surface area contributed by atoms with Crippen molar-refractivity contribution in [1.29, 1.82) is 0 Å². The fourth-order valence-corrected chi connectivity index (χ4v) is 13.0. The van der Waals surface area contributed by atoms with Gasteiger partial charge in [0.05, 0.1) is 75.7 Å². The molecule has 125 heavy (non-hydrogen) atoms. The largest absolute Gasteiger partial charge is 0.340 e. The normalized spacial score (nSPS) is 17.4. The summed E-state index contributed by atoms with van der Waals surface area (Å²) in [7, 11) is 0. The van der Waals surface area contributed by atoms with Gasteiger partial charge in [0, 0.05) is 234 Å². The zero-order valence-electron chi connectivity index (χ0n) is 105. The Morgan fingerprint density at radius 2 is 0.624 bits per heavy atom. The maximum atomic E-state index is 13.6. The standard InChI is InChI=1S/C24H26N3.C23H24N3.C20H18N3.C19H16N3.C18H13FN3.5Ir/c1-7-18-11-12-19(15-22(18)25-6)24-26-13-14-27(24)23-20(16(2)3)9-8-10-21(23)17(4)5;1-15(2)19-8-7-9-20(16(3)4)22(19)26-13-12-25-23(26)18-11-10-17(5)21(14-18)24-6;1-5-16-9-10-17(13-18(16)21-4)20-22-11-12-23(20)19-14(2)7-6-8-15(19)3;1-13-8-9-16(12-17(13)20-4)19-21-10-11-22(19)18-14(2)6-5-7-15(18)3;1-12-5-4-6-13(2)17(12)22-10-9-21-18(22)14-7-8-15(19)16(11-14)20-3;;;;;/h8-11,13-17H,7H2,1-5H3;7-10,12-16H,1-5H3;6-9,11-13H,5H2,1-3H3;5-8,10-12H,1-3H3;4-6,8-11H,1-2H3;;;;;/q5*-1;;;;;/i1D3,2D3,4D3,7D2,13D,14D,16D,17D;1D3,3D3,5D3,12D,13D,15D,16D;11D,12D;1D3,10D,11D;9D,10D;;;;;. The zero-order chi connectivity index (χ0) is 118. The molecular weight excluding hydrogens is 2440 g/mol. The minimum absolute atomic E-state index is 0. The minimum atomic E-state index is -3.14. The van der Waals surface area contributed by atoms with Gasteiger partial charge < -0.3 is 22.8 Å². The van der Waals surface area contributed by atoms with Crippen molar-refractivity contribution in [1.82, 2.24) is 47.8 Å². The number of nitrogens with zero attached hydrogens (tertiary/aromatic N) is 15. The second-order valence-electron chi connectivity index (χ2n) is 26.9. The predicted octanol–water partition coefficient (Wildman–Crippen LogP) is 27.7. The first-order chi connectivity index (χ1) is 72.4. The van der Waals surface area contributed by atoms with Crippen LogP contribution in [-0.2, 0) is 113 Å². The first-order valence-electron chi connectivity index (χ1n) is 55.1. The van der Waals surface area contributed by atoms with Gasteiger partial charge in [0.25, 0.3) is 0 Å². The fraction of sp³-hybridized carbons (Fsp3) is 0.231. The summed E-state index contributed by atoms with van der Waals surface area (Å²) < 4.78 is 318. The average Bonchev–Trinajstić information content (AvgIpc) is 1.32. The minimum Gasteiger partial charge on any atom is -0.340 e. The molecule has 0 aliphatic carbocycles. The number of hydrogen-bond acceptors (Lipinski definition) is 5. The molecule has 0 saturated heterocycles. The van der Waals surface area contributed by atoms with Crippen molar-refractivity contribution in [3.05, 3.63) is 385 Å². The molecule has 5 heterocycles. The van der Waals surface area contributed by atoms with Crippen molar-refractivity contribution in [3.8, 4) is 85.4 Å². The van der Waals surface area contributed by atoms with Gasteiger partial charge in [-0.1, -0.05) is 186 Å². The maximum Gasteiger partial charge on any atom is 0.142 e. The molecule has 0 amide bonds. The van der Waals surface area contributed by atoms with Gasteiger partial charge in [0.1, 0.15) is 28.4 Å². The number of aryl methyl sites for hydroxylation is 10. The van der Waals surface area contributed by atoms with Gasteiger partial charge in [-0.05, 0) is 121 Å². The fourth-order valence-electron chi connectivity index (χ4n) is 13.0. The summed E-state index contributed by atoms with van der Waals surface area (Å²) in [4.78, 5) is 37.3. The summed E-state index contributed by atoms with van der Waals surface area (Å²) in [6.07, 6.45) is -5.33. The molecule has 5 aromatic heterocycles. The van der Waals surface area contributed by atoms with E-state index in [1.165, 1.54) is 54.6 Å². The van der Waals surface area contributed by atoms with E-state index in [0.717, 1.165) is 130 Å². The van der Waals surface area contributed by atoms with Crippen LogP contribution in [0, 0.1) is 124 Å². The molecule has 0 aliphatic heterocycles. The van der Waals surface area contributed by atoms with E-state index in [0.29, 0.717) is 34.0 Å². The van der Waals surface area contributed by atoms with Crippen LogP contribution in [0.4, 0.5) is 32.8 Å². The van der Waals surface area contributed by atoms with Crippen molar-refractivity contribution in [2.24, 2.45) is 0 Å². The average molecular weight is 2570 g/mol. The Balaban J connectivity index is 0.000000310. The van der Waals surface area contributed by atoms with Gasteiger partial charge >= 0.3 is 0 Å². The van der Waals surface area contributed by atoms with Crippen molar-refractivity contribution >= 4 is 28.4 Å². The molecule has 5 radical (unpaired) electrons. The zero-order valence-corrected chi connectivity index (χ0v) is 80.4. The molecule has 0 saturated carbocycles. The second kappa shape index (κ2) is 47.3. The summed E-state index contributed by atoms with van der Waals surface area (Å²) >= 11 is 0. The Morgan fingerprint density at radius 3 is 0.904 bits per heavy atom. The Hall–Kier alpha value is -11.1. The van der Waals surface area contributed by atoms with Crippen LogP contribution in [0.3, 0.4) is 0 Å². The summed E-state index contributed by atoms with van der Waals surface area (Å²) in [6.45, 7) is 34.6. The van der Waals surface area contributed by atoms with E-state index in [4.69, 9.17) is 83.6 Å². The summed E-state index contributed by atoms with van der Waals surface area (Å²) in [5.41, 5.74) is 7.20. The van der Waals surface area contributed by atoms with Crippen LogP contribution in [0.1, 0.15) is 221 Å². The molecule has 10 aromatic carbocycles. The number of imidazole rings is 5. The predicted molar refractivity (Wildman–Crippen MR) is 483 cm³/mol. The first-order valence-corrected chi connectivity index (χ1v) is 36.6. The Bertz CT molecular complexity index is 8150. The van der Waals surface area contributed by atoms with Crippen molar-refractivity contribution < 1.29 is 156 Å². The molecule has 15 nitrogen and oxygen atoms in total. The Labute approximate surface area is 857 Å². The Kier molecular flexibility index (Phi) is 22.6. The molecule has 0 fully saturated rings. The van der Waals surface area contributed by atoms with Crippen LogP contribution in [0.5, 0.6) is 0 Å². The number of rotatable bonds is 16. The van der Waals surface area contributed by atoms with E-state index in [1.807, 2.05) is 103 Å². The third-order valence-electron chi connectivity index (χ3n) is 18.8. The van der Waals surface area contributed by atoms with Gasteiger partial charge in [0.15, 0.2) is 0 Å². The molecule has 0 aliphatic rings. The third-order valence-corrected chi connectivity index (χ3v) is 18.8. The monoisotopic (exact) mass is 2580 g/mol. The number of benzene rings is 10. The third kappa shape index (κ3) is 23.3. The van der Waals surface area contributed by atoms with Crippen LogP contribution in [0.2, 0.25) is 0 Å². The topological polar surface area (TPSA) is 111 Å². The molecular formula is C104H97FIr5N15-5. The van der Waals surface area contributed by atoms with Crippen LogP contribution < -0.4 is 0 Å². The number of halogens is 1. The maximum absolute atomic E-state index is 13.6. The van der Waals surface area contributed by atoms with Crippen molar-refractivity contribution in [2.75, 3.05) is 0 Å². The van der Waals surface area contributed by atoms with E-state index in [-0.39, 0.29) is 228 Å². The van der Waals surface area contributed by atoms with Gasteiger partial charge in [0.2, 0.25) is 0 Å². The SMILES string of the molecule is [2H]c1nc(-c2[c-]cc(C([2H])([2H])C([2H])([2H])[2H])c([N+]#[C-])c2)n(-c2c(C([2H])(C)C([2H])([2H])[2H])cccc2C([2H])(C)C([2H])([2H])[2H])c1[2H].[2H]c1nc(-c2[c-]cc(C([2H])([2H])[2H])c([N+]#[C-])c2)n(-c2c(C([2H])(C)C([2H])([2H])[2H])cccc2C([2H])(C)C([2H])([2H])[2H])c1[2H].[2H]c1nc(-c2[c-]cc(C([2H])([2H])[2H])c([N+]#[C-])c2)n(-c2c(C)cccc2C)c1[2H].[2H]c1nc(-c2[c-]cc(CC)c([N+]#[C-])c2)n(-c2c(C)cccc2C)c1[2H].[2H]c1nc(-c2[c-]cc(F)c([N+]#[C-])c2)n(-c2c(C)cccc2C)c1[2H].[Ir].[Ir].[Ir].[Ir].[Ir]. The van der Waals surface area contributed by atoms with Crippen LogP contribution in [0.15, 0.2) is 213 Å². The molecule has 15 rings (SSSR count). The molecule has 645 valence electrons. The molecule has 15 aromatic rings. The van der Waals surface area contributed by atoms with Gasteiger partial charge in [-0.25, -0.2) is 0 Å². The summed E-state index contributed by atoms with van der Waals surface area (Å²) in [6, 6.07) is 51.9. The molecule has 0 bridgehead atoms. The van der Waals surface area contributed by atoms with E-state index in [2.05, 4.69) is 79.5 Å². The summed E-state index contributed by atoms with van der Waals surface area (Å²) in [5.74, 6) is -9.73. The molecule has 4 unspecified atom stereocenters. The number of hydrogen-bond donors (Lipinski definition) is 0. The van der Waals surface area contributed by atoms with Gasteiger partial charge in [-0.2, -0.15) is 24.3 Å². The number of para-hydroxylation sites is 5. The molecule has 4 atom stereocenters. The summed E-state index contributed by atoms with van der Waals surface area (Å²) in [5, 5.41) is 0. The smallest absolute Gasteiger partial charge is 0.142 e. The van der Waals surface area contributed by atoms with Gasteiger partial charge in [-0.3, -0.25) is 53.5 Å². The van der Waals surface area contributed by atoms with E-state index >= 15 is 0 Å². The number of aromatic nitrogens is 10.